The Bertz CT molecular complexity index is 452. The number of benzene rings is 1. The molecule has 104 valence electrons. The quantitative estimate of drug-likeness (QED) is 0.730. The minimum absolute atomic E-state index is 0.0996. The summed E-state index contributed by atoms with van der Waals surface area (Å²) in [6, 6.07) is 7.11. The molecule has 0 spiro atoms. The van der Waals surface area contributed by atoms with E-state index < -0.39 is 11.5 Å². The van der Waals surface area contributed by atoms with Gasteiger partial charge in [0.15, 0.2) is 0 Å². The van der Waals surface area contributed by atoms with E-state index in [1.807, 2.05) is 6.92 Å². The summed E-state index contributed by atoms with van der Waals surface area (Å²) in [5, 5.41) is 11.3. The van der Waals surface area contributed by atoms with E-state index in [-0.39, 0.29) is 12.3 Å². The Morgan fingerprint density at radius 2 is 1.89 bits per heavy atom. The van der Waals surface area contributed by atoms with E-state index in [0.29, 0.717) is 18.5 Å². The molecule has 0 saturated heterocycles. The van der Waals surface area contributed by atoms with Crippen LogP contribution in [-0.2, 0) is 16.0 Å². The van der Waals surface area contributed by atoms with Crippen LogP contribution in [0.1, 0.15) is 32.3 Å². The summed E-state index contributed by atoms with van der Waals surface area (Å²) >= 11 is 0. The van der Waals surface area contributed by atoms with Crippen LogP contribution in [0.25, 0.3) is 0 Å². The molecule has 0 aliphatic rings. The maximum Gasteiger partial charge on any atom is 0.303 e. The lowest BCUT2D eigenvalue weighted by Crippen LogP contribution is -2.47. The molecule has 5 heteroatoms. The molecule has 0 aliphatic carbocycles. The molecule has 1 amide bonds. The molecular formula is C14H20N2O3. The molecule has 1 atom stereocenters. The molecule has 0 aromatic heterocycles. The Morgan fingerprint density at radius 3 is 2.37 bits per heavy atom. The van der Waals surface area contributed by atoms with E-state index in [1.54, 1.807) is 31.2 Å². The summed E-state index contributed by atoms with van der Waals surface area (Å²) in [7, 11) is 0. The van der Waals surface area contributed by atoms with Crippen molar-refractivity contribution in [2.45, 2.75) is 38.6 Å². The van der Waals surface area contributed by atoms with Gasteiger partial charge in [-0.15, -0.1) is 0 Å². The first-order valence-electron chi connectivity index (χ1n) is 6.26. The van der Waals surface area contributed by atoms with Crippen molar-refractivity contribution >= 4 is 17.6 Å². The minimum atomic E-state index is -0.887. The van der Waals surface area contributed by atoms with Gasteiger partial charge in [-0.25, -0.2) is 0 Å². The number of hydrogen-bond acceptors (Lipinski definition) is 3. The van der Waals surface area contributed by atoms with Gasteiger partial charge in [0.1, 0.15) is 0 Å². The molecule has 0 heterocycles. The Balaban J connectivity index is 2.62. The van der Waals surface area contributed by atoms with Crippen LogP contribution in [-0.4, -0.2) is 22.5 Å². The molecule has 19 heavy (non-hydrogen) atoms. The third-order valence-corrected chi connectivity index (χ3v) is 3.09. The third-order valence-electron chi connectivity index (χ3n) is 3.09. The number of nitrogens with two attached hydrogens (primary N) is 1. The van der Waals surface area contributed by atoms with Crippen molar-refractivity contribution < 1.29 is 14.7 Å². The zero-order valence-electron chi connectivity index (χ0n) is 11.3. The van der Waals surface area contributed by atoms with Gasteiger partial charge >= 0.3 is 5.97 Å². The molecule has 4 N–H and O–H groups in total. The van der Waals surface area contributed by atoms with Crippen LogP contribution >= 0.6 is 0 Å². The number of aliphatic carboxylic acids is 1. The van der Waals surface area contributed by atoms with E-state index >= 15 is 0 Å². The molecule has 1 aromatic carbocycles. The molecule has 1 unspecified atom stereocenters. The second-order valence-electron chi connectivity index (χ2n) is 4.82. The predicted octanol–water partition coefficient (Wildman–Crippen LogP) is 1.77. The van der Waals surface area contributed by atoms with Crippen molar-refractivity contribution in [3.63, 3.8) is 0 Å². The molecule has 5 nitrogen and oxygen atoms in total. The van der Waals surface area contributed by atoms with E-state index in [1.165, 1.54) is 0 Å². The topological polar surface area (TPSA) is 92.4 Å². The molecule has 1 rings (SSSR count). The highest BCUT2D eigenvalue weighted by molar-refractivity contribution is 5.97. The van der Waals surface area contributed by atoms with Crippen molar-refractivity contribution in [2.24, 2.45) is 5.73 Å². The van der Waals surface area contributed by atoms with E-state index in [4.69, 9.17) is 10.8 Å². The van der Waals surface area contributed by atoms with Gasteiger partial charge in [0.2, 0.25) is 5.91 Å². The average molecular weight is 264 g/mol. The normalized spacial score (nSPS) is 13.6. The van der Waals surface area contributed by atoms with Crippen LogP contribution in [0.5, 0.6) is 0 Å². The fraction of sp³-hybridized carbons (Fsp3) is 0.429. The zero-order valence-corrected chi connectivity index (χ0v) is 11.3. The van der Waals surface area contributed by atoms with Gasteiger partial charge in [-0.2, -0.15) is 0 Å². The SMILES string of the molecule is CCC(C)(N)C(=O)Nc1ccc(CCC(=O)O)cc1. The van der Waals surface area contributed by atoms with Crippen molar-refractivity contribution in [1.29, 1.82) is 0 Å². The highest BCUT2D eigenvalue weighted by atomic mass is 16.4. The first kappa shape index (κ1) is 15.2. The monoisotopic (exact) mass is 264 g/mol. The largest absolute Gasteiger partial charge is 0.481 e. The summed E-state index contributed by atoms with van der Waals surface area (Å²) in [6.45, 7) is 3.54. The number of amides is 1. The Labute approximate surface area is 112 Å². The van der Waals surface area contributed by atoms with Gasteiger partial charge < -0.3 is 16.2 Å². The van der Waals surface area contributed by atoms with Crippen LogP contribution in [0.3, 0.4) is 0 Å². The van der Waals surface area contributed by atoms with Crippen LogP contribution in [0.4, 0.5) is 5.69 Å². The summed E-state index contributed by atoms with van der Waals surface area (Å²) < 4.78 is 0. The first-order valence-corrected chi connectivity index (χ1v) is 6.26. The van der Waals surface area contributed by atoms with Gasteiger partial charge in [-0.1, -0.05) is 19.1 Å². The van der Waals surface area contributed by atoms with E-state index in [9.17, 15) is 9.59 Å². The number of carboxylic acids is 1. The van der Waals surface area contributed by atoms with Crippen LogP contribution in [0.15, 0.2) is 24.3 Å². The Kier molecular flexibility index (Phi) is 5.06. The van der Waals surface area contributed by atoms with Gasteiger partial charge in [0.05, 0.1) is 5.54 Å². The number of carbonyl (C=O) groups excluding carboxylic acids is 1. The Hall–Kier alpha value is -1.88. The van der Waals surface area contributed by atoms with Crippen molar-refractivity contribution in [1.82, 2.24) is 0 Å². The highest BCUT2D eigenvalue weighted by Crippen LogP contribution is 2.14. The molecule has 0 radical (unpaired) electrons. The van der Waals surface area contributed by atoms with Crippen LogP contribution < -0.4 is 11.1 Å². The smallest absolute Gasteiger partial charge is 0.303 e. The standard InChI is InChI=1S/C14H20N2O3/c1-3-14(2,15)13(19)16-11-7-4-10(5-8-11)6-9-12(17)18/h4-5,7-8H,3,6,9,15H2,1-2H3,(H,16,19)(H,17,18). The number of carboxylic acid groups (broad SMARTS) is 1. The molecule has 0 saturated carbocycles. The summed E-state index contributed by atoms with van der Waals surface area (Å²) in [5.74, 6) is -1.05. The number of hydrogen-bond donors (Lipinski definition) is 3. The van der Waals surface area contributed by atoms with Gasteiger partial charge in [0, 0.05) is 12.1 Å². The fourth-order valence-corrected chi connectivity index (χ4v) is 1.44. The lowest BCUT2D eigenvalue weighted by atomic mass is 9.99. The van der Waals surface area contributed by atoms with E-state index in [0.717, 1.165) is 5.56 Å². The van der Waals surface area contributed by atoms with Gasteiger partial charge in [-0.05, 0) is 37.5 Å². The van der Waals surface area contributed by atoms with Gasteiger partial charge in [0.25, 0.3) is 0 Å². The molecule has 0 bridgehead atoms. The Morgan fingerprint density at radius 1 is 1.32 bits per heavy atom. The second-order valence-corrected chi connectivity index (χ2v) is 4.82. The summed E-state index contributed by atoms with van der Waals surface area (Å²) in [4.78, 5) is 22.3. The van der Waals surface area contributed by atoms with E-state index in [2.05, 4.69) is 5.32 Å². The van der Waals surface area contributed by atoms with Crippen molar-refractivity contribution in [3.8, 4) is 0 Å². The van der Waals surface area contributed by atoms with Gasteiger partial charge in [-0.3, -0.25) is 9.59 Å². The minimum Gasteiger partial charge on any atom is -0.481 e. The summed E-state index contributed by atoms with van der Waals surface area (Å²) in [5.41, 5.74) is 6.54. The second kappa shape index (κ2) is 6.33. The first-order chi connectivity index (χ1) is 8.85. The lowest BCUT2D eigenvalue weighted by Gasteiger charge is -2.21. The van der Waals surface area contributed by atoms with Crippen LogP contribution in [0.2, 0.25) is 0 Å². The molecular weight excluding hydrogens is 244 g/mol. The molecule has 0 aliphatic heterocycles. The number of nitrogens with one attached hydrogen (secondary N) is 1. The molecule has 0 fully saturated rings. The maximum absolute atomic E-state index is 11.9. The number of carbonyl (C=O) groups is 2. The van der Waals surface area contributed by atoms with Crippen LogP contribution in [0, 0.1) is 0 Å². The maximum atomic E-state index is 11.9. The fourth-order valence-electron chi connectivity index (χ4n) is 1.44. The average Bonchev–Trinajstić information content (AvgIpc) is 2.37. The number of anilines is 1. The third kappa shape index (κ3) is 4.71. The summed E-state index contributed by atoms with van der Waals surface area (Å²) in [6.07, 6.45) is 1.13. The highest BCUT2D eigenvalue weighted by Gasteiger charge is 2.25. The van der Waals surface area contributed by atoms with Crippen molar-refractivity contribution in [2.75, 3.05) is 5.32 Å². The molecule has 1 aromatic rings. The number of aryl methyl sites for hydroxylation is 1. The predicted molar refractivity (Wildman–Crippen MR) is 73.9 cm³/mol. The number of rotatable bonds is 6. The van der Waals surface area contributed by atoms with Crippen molar-refractivity contribution in [3.05, 3.63) is 29.8 Å². The zero-order chi connectivity index (χ0) is 14.5. The lowest BCUT2D eigenvalue weighted by molar-refractivity contribution is -0.137.